The maximum atomic E-state index is 11.1. The van der Waals surface area contributed by atoms with Gasteiger partial charge in [-0.1, -0.05) is 0 Å². The number of carbonyl (C=O) groups is 1. The maximum Gasteiger partial charge on any atom is 0.229 e. The molecule has 118 valence electrons. The van der Waals surface area contributed by atoms with E-state index in [1.807, 2.05) is 6.20 Å². The Morgan fingerprint density at radius 1 is 1.38 bits per heavy atom. The minimum Gasteiger partial charge on any atom is -0.303 e. The lowest BCUT2D eigenvalue weighted by molar-refractivity contribution is -0.114. The quantitative estimate of drug-likeness (QED) is 0.756. The van der Waals surface area contributed by atoms with E-state index in [4.69, 9.17) is 0 Å². The van der Waals surface area contributed by atoms with Gasteiger partial charge in [-0.2, -0.15) is 0 Å². The number of nitrogens with zero attached hydrogens (tertiary/aromatic N) is 3. The minimum atomic E-state index is -0.119. The summed E-state index contributed by atoms with van der Waals surface area (Å²) in [6.45, 7) is 2.68. The molecule has 1 aromatic rings. The number of likely N-dealkylation sites (tertiary alicyclic amines) is 1. The van der Waals surface area contributed by atoms with E-state index in [0.29, 0.717) is 17.9 Å². The van der Waals surface area contributed by atoms with Crippen molar-refractivity contribution in [2.45, 2.75) is 38.6 Å². The lowest BCUT2D eigenvalue weighted by Gasteiger charge is -2.42. The Morgan fingerprint density at radius 2 is 2.14 bits per heavy atom. The lowest BCUT2D eigenvalue weighted by atomic mass is 9.77. The number of amides is 1. The van der Waals surface area contributed by atoms with E-state index in [-0.39, 0.29) is 39.9 Å². The molecule has 3 rings (SSSR count). The van der Waals surface area contributed by atoms with E-state index >= 15 is 0 Å². The predicted molar refractivity (Wildman–Crippen MR) is 93.5 cm³/mol. The Balaban J connectivity index is 0.00000110. The van der Waals surface area contributed by atoms with Crippen molar-refractivity contribution >= 4 is 45.8 Å². The van der Waals surface area contributed by atoms with Gasteiger partial charge in [0.05, 0.1) is 0 Å². The van der Waals surface area contributed by atoms with E-state index in [1.54, 1.807) is 0 Å². The van der Waals surface area contributed by atoms with Crippen LogP contribution in [0.3, 0.4) is 0 Å². The molecule has 1 fully saturated rings. The zero-order chi connectivity index (χ0) is 13.4. The molecule has 0 radical (unpaired) electrons. The molecule has 1 aromatic heterocycles. The van der Waals surface area contributed by atoms with Crippen LogP contribution in [-0.2, 0) is 17.6 Å². The fraction of sp³-hybridized carbons (Fsp3) is 0.643. The molecule has 2 aliphatic rings. The molecule has 2 heterocycles. The SMILES string of the molecule is Br.Br.CC(=O)Nc1ncc2c(n1)C[C@H]1CCCN(C)[C@@H]1C2. The van der Waals surface area contributed by atoms with Crippen molar-refractivity contribution in [2.24, 2.45) is 5.92 Å². The minimum absolute atomic E-state index is 0. The summed E-state index contributed by atoms with van der Waals surface area (Å²) in [6, 6.07) is 0.636. The van der Waals surface area contributed by atoms with Gasteiger partial charge in [0.25, 0.3) is 0 Å². The predicted octanol–water partition coefficient (Wildman–Crippen LogP) is 2.40. The highest BCUT2D eigenvalue weighted by Crippen LogP contribution is 2.33. The van der Waals surface area contributed by atoms with Crippen LogP contribution >= 0.6 is 34.0 Å². The highest BCUT2D eigenvalue weighted by atomic mass is 79.9. The zero-order valence-corrected chi connectivity index (χ0v) is 15.8. The molecule has 21 heavy (non-hydrogen) atoms. The molecule has 0 unspecified atom stereocenters. The van der Waals surface area contributed by atoms with Crippen molar-refractivity contribution in [2.75, 3.05) is 18.9 Å². The molecule has 1 saturated heterocycles. The van der Waals surface area contributed by atoms with Crippen LogP contribution in [0.25, 0.3) is 0 Å². The lowest BCUT2D eigenvalue weighted by Crippen LogP contribution is -2.47. The number of fused-ring (bicyclic) bond motifs is 2. The van der Waals surface area contributed by atoms with Crippen LogP contribution in [0.5, 0.6) is 0 Å². The van der Waals surface area contributed by atoms with Crippen LogP contribution < -0.4 is 5.32 Å². The number of carbonyl (C=O) groups excluding carboxylic acids is 1. The van der Waals surface area contributed by atoms with Gasteiger partial charge in [0.1, 0.15) is 0 Å². The Kier molecular flexibility index (Phi) is 6.74. The first-order chi connectivity index (χ1) is 9.13. The van der Waals surface area contributed by atoms with Gasteiger partial charge < -0.3 is 4.90 Å². The van der Waals surface area contributed by atoms with Gasteiger partial charge in [-0.05, 0) is 50.8 Å². The Hall–Kier alpha value is -0.530. The normalized spacial score (nSPS) is 23.9. The molecule has 5 nitrogen and oxygen atoms in total. The number of halogens is 2. The molecule has 1 amide bonds. The summed E-state index contributed by atoms with van der Waals surface area (Å²) in [5.74, 6) is 1.02. The Morgan fingerprint density at radius 3 is 2.86 bits per heavy atom. The molecule has 1 aliphatic heterocycles. The van der Waals surface area contributed by atoms with E-state index < -0.39 is 0 Å². The van der Waals surface area contributed by atoms with E-state index in [2.05, 4.69) is 27.2 Å². The fourth-order valence-corrected chi connectivity index (χ4v) is 3.36. The molecule has 7 heteroatoms. The first-order valence-corrected chi connectivity index (χ1v) is 6.96. The van der Waals surface area contributed by atoms with Gasteiger partial charge in [-0.25, -0.2) is 9.97 Å². The molecular weight excluding hydrogens is 400 g/mol. The molecular formula is C14H22Br2N4O. The molecule has 0 saturated carbocycles. The molecule has 2 atom stereocenters. The second-order valence-electron chi connectivity index (χ2n) is 5.71. The third kappa shape index (κ3) is 4.02. The summed E-state index contributed by atoms with van der Waals surface area (Å²) in [5.41, 5.74) is 2.36. The topological polar surface area (TPSA) is 58.1 Å². The maximum absolute atomic E-state index is 11.1. The van der Waals surface area contributed by atoms with Gasteiger partial charge >= 0.3 is 0 Å². The first-order valence-electron chi connectivity index (χ1n) is 6.96. The molecule has 0 aromatic carbocycles. The summed E-state index contributed by atoms with van der Waals surface area (Å²) in [6.07, 6.45) is 6.49. The van der Waals surface area contributed by atoms with Crippen molar-refractivity contribution in [3.63, 3.8) is 0 Å². The van der Waals surface area contributed by atoms with Crippen LogP contribution in [0.2, 0.25) is 0 Å². The van der Waals surface area contributed by atoms with E-state index in [9.17, 15) is 4.79 Å². The smallest absolute Gasteiger partial charge is 0.229 e. The zero-order valence-electron chi connectivity index (χ0n) is 12.3. The van der Waals surface area contributed by atoms with Crippen molar-refractivity contribution in [3.05, 3.63) is 17.5 Å². The number of likely N-dealkylation sites (N-methyl/N-ethyl adjacent to an activating group) is 1. The molecule has 1 aliphatic carbocycles. The monoisotopic (exact) mass is 420 g/mol. The average molecular weight is 422 g/mol. The van der Waals surface area contributed by atoms with Gasteiger partial charge in [0.15, 0.2) is 0 Å². The third-order valence-electron chi connectivity index (χ3n) is 4.32. The Bertz CT molecular complexity index is 512. The van der Waals surface area contributed by atoms with Gasteiger partial charge in [-0.15, -0.1) is 34.0 Å². The third-order valence-corrected chi connectivity index (χ3v) is 4.32. The van der Waals surface area contributed by atoms with E-state index in [1.165, 1.54) is 31.9 Å². The average Bonchev–Trinajstić information content (AvgIpc) is 2.36. The van der Waals surface area contributed by atoms with E-state index in [0.717, 1.165) is 18.5 Å². The second kappa shape index (κ2) is 7.65. The Labute approximate surface area is 146 Å². The summed E-state index contributed by atoms with van der Waals surface area (Å²) < 4.78 is 0. The summed E-state index contributed by atoms with van der Waals surface area (Å²) in [5, 5.41) is 2.66. The summed E-state index contributed by atoms with van der Waals surface area (Å²) in [4.78, 5) is 22.3. The summed E-state index contributed by atoms with van der Waals surface area (Å²) in [7, 11) is 2.22. The van der Waals surface area contributed by atoms with Crippen LogP contribution in [0, 0.1) is 5.92 Å². The van der Waals surface area contributed by atoms with Gasteiger partial charge in [0.2, 0.25) is 11.9 Å². The number of hydrogen-bond donors (Lipinski definition) is 1. The molecule has 1 N–H and O–H groups in total. The number of aromatic nitrogens is 2. The number of hydrogen-bond acceptors (Lipinski definition) is 4. The van der Waals surface area contributed by atoms with Crippen LogP contribution in [0.1, 0.15) is 31.0 Å². The van der Waals surface area contributed by atoms with Crippen LogP contribution in [0.4, 0.5) is 5.95 Å². The van der Waals surface area contributed by atoms with Crippen molar-refractivity contribution in [3.8, 4) is 0 Å². The molecule has 0 bridgehead atoms. The van der Waals surface area contributed by atoms with Crippen LogP contribution in [-0.4, -0.2) is 40.4 Å². The van der Waals surface area contributed by atoms with Crippen molar-refractivity contribution < 1.29 is 4.79 Å². The van der Waals surface area contributed by atoms with Crippen molar-refractivity contribution in [1.29, 1.82) is 0 Å². The van der Waals surface area contributed by atoms with Crippen LogP contribution in [0.15, 0.2) is 6.20 Å². The first kappa shape index (κ1) is 18.5. The van der Waals surface area contributed by atoms with Crippen molar-refractivity contribution in [1.82, 2.24) is 14.9 Å². The second-order valence-corrected chi connectivity index (χ2v) is 5.71. The number of nitrogens with one attached hydrogen (secondary N) is 1. The number of piperidine rings is 1. The fourth-order valence-electron chi connectivity index (χ4n) is 3.36. The molecule has 0 spiro atoms. The standard InChI is InChI=1S/C14H20N4O.2BrH/c1-9(19)16-14-15-8-11-7-13-10(6-12(11)17-14)4-3-5-18(13)2;;/h8,10,13H,3-7H2,1-2H3,(H,15,16,17,19);2*1H/t10-,13-;;/m1../s1. The summed E-state index contributed by atoms with van der Waals surface area (Å²) >= 11 is 0. The highest BCUT2D eigenvalue weighted by molar-refractivity contribution is 8.93. The number of rotatable bonds is 1. The van der Waals surface area contributed by atoms with Gasteiger partial charge in [-0.3, -0.25) is 10.1 Å². The van der Waals surface area contributed by atoms with Gasteiger partial charge in [0, 0.05) is 24.9 Å². The highest BCUT2D eigenvalue weighted by Gasteiger charge is 2.34. The number of anilines is 1. The largest absolute Gasteiger partial charge is 0.303 e.